The highest BCUT2D eigenvalue weighted by Gasteiger charge is 2.14. The molecule has 1 aromatic heterocycles. The molecule has 0 spiro atoms. The van der Waals surface area contributed by atoms with Crippen LogP contribution in [0.15, 0.2) is 0 Å². The second-order valence-electron chi connectivity index (χ2n) is 4.07. The van der Waals surface area contributed by atoms with Crippen molar-refractivity contribution in [2.45, 2.75) is 32.4 Å². The third kappa shape index (κ3) is 3.48. The quantitative estimate of drug-likeness (QED) is 0.606. The third-order valence-electron chi connectivity index (χ3n) is 2.83. The average molecular weight is 250 g/mol. The number of thioether (sulfide) groups is 1. The molecule has 2 rings (SSSR count). The van der Waals surface area contributed by atoms with Crippen molar-refractivity contribution in [3.8, 4) is 12.3 Å². The molecule has 0 radical (unpaired) electrons. The van der Waals surface area contributed by atoms with Gasteiger partial charge in [0.1, 0.15) is 11.6 Å². The second kappa shape index (κ2) is 6.67. The zero-order chi connectivity index (χ0) is 11.9. The SMILES string of the molecule is C#CCSCCNCc1nnc2n1CCCC2. The molecule has 0 fully saturated rings. The van der Waals surface area contributed by atoms with E-state index < -0.39 is 0 Å². The first kappa shape index (κ1) is 12.5. The first-order chi connectivity index (χ1) is 8.42. The molecule has 1 aliphatic heterocycles. The highest BCUT2D eigenvalue weighted by molar-refractivity contribution is 7.99. The molecule has 1 aromatic rings. The number of terminal acetylenes is 1. The number of aromatic nitrogens is 3. The summed E-state index contributed by atoms with van der Waals surface area (Å²) in [5.41, 5.74) is 0. The Morgan fingerprint density at radius 3 is 3.24 bits per heavy atom. The van der Waals surface area contributed by atoms with Crippen molar-refractivity contribution >= 4 is 11.8 Å². The van der Waals surface area contributed by atoms with Gasteiger partial charge in [0.2, 0.25) is 0 Å². The standard InChI is InChI=1S/C12H18N4S/c1-2-8-17-9-6-13-10-12-15-14-11-5-3-4-7-16(11)12/h1,13H,3-10H2. The van der Waals surface area contributed by atoms with Gasteiger partial charge < -0.3 is 9.88 Å². The summed E-state index contributed by atoms with van der Waals surface area (Å²) in [4.78, 5) is 0. The summed E-state index contributed by atoms with van der Waals surface area (Å²) in [5, 5.41) is 11.9. The molecule has 1 N–H and O–H groups in total. The first-order valence-corrected chi connectivity index (χ1v) is 7.20. The maximum Gasteiger partial charge on any atom is 0.147 e. The van der Waals surface area contributed by atoms with Crippen LogP contribution in [0.25, 0.3) is 0 Å². The van der Waals surface area contributed by atoms with Crippen LogP contribution in [0.1, 0.15) is 24.5 Å². The molecule has 0 amide bonds. The highest BCUT2D eigenvalue weighted by atomic mass is 32.2. The Hall–Kier alpha value is -0.990. The van der Waals surface area contributed by atoms with E-state index in [9.17, 15) is 0 Å². The molecular weight excluding hydrogens is 232 g/mol. The summed E-state index contributed by atoms with van der Waals surface area (Å²) in [5.74, 6) is 6.68. The van der Waals surface area contributed by atoms with Crippen molar-refractivity contribution in [3.63, 3.8) is 0 Å². The Kier molecular flexibility index (Phi) is 4.89. The van der Waals surface area contributed by atoms with Gasteiger partial charge in [0.05, 0.1) is 12.3 Å². The molecule has 1 aliphatic rings. The lowest BCUT2D eigenvalue weighted by atomic mass is 10.2. The number of aryl methyl sites for hydroxylation is 1. The van der Waals surface area contributed by atoms with Gasteiger partial charge in [-0.15, -0.1) is 28.4 Å². The molecule has 5 heteroatoms. The molecule has 92 valence electrons. The summed E-state index contributed by atoms with van der Waals surface area (Å²) >= 11 is 1.78. The lowest BCUT2D eigenvalue weighted by Crippen LogP contribution is -2.21. The summed E-state index contributed by atoms with van der Waals surface area (Å²) in [7, 11) is 0. The smallest absolute Gasteiger partial charge is 0.147 e. The molecule has 0 saturated carbocycles. The molecule has 4 nitrogen and oxygen atoms in total. The summed E-state index contributed by atoms with van der Waals surface area (Å²) < 4.78 is 2.26. The topological polar surface area (TPSA) is 42.7 Å². The summed E-state index contributed by atoms with van der Waals surface area (Å²) in [6.45, 7) is 2.85. The van der Waals surface area contributed by atoms with Crippen molar-refractivity contribution in [1.82, 2.24) is 20.1 Å². The number of nitrogens with zero attached hydrogens (tertiary/aromatic N) is 3. The van der Waals surface area contributed by atoms with E-state index >= 15 is 0 Å². The summed E-state index contributed by atoms with van der Waals surface area (Å²) in [6, 6.07) is 0. The first-order valence-electron chi connectivity index (χ1n) is 6.04. The van der Waals surface area contributed by atoms with Crippen LogP contribution in [0, 0.1) is 12.3 Å². The van der Waals surface area contributed by atoms with Crippen LogP contribution >= 0.6 is 11.8 Å². The van der Waals surface area contributed by atoms with Gasteiger partial charge in [0.25, 0.3) is 0 Å². The molecule has 0 aromatic carbocycles. The van der Waals surface area contributed by atoms with Crippen LogP contribution in [-0.2, 0) is 19.5 Å². The van der Waals surface area contributed by atoms with E-state index in [2.05, 4.69) is 26.0 Å². The molecule has 0 aliphatic carbocycles. The average Bonchev–Trinajstić information content (AvgIpc) is 2.77. The van der Waals surface area contributed by atoms with Gasteiger partial charge in [-0.3, -0.25) is 0 Å². The van der Waals surface area contributed by atoms with E-state index in [1.54, 1.807) is 11.8 Å². The van der Waals surface area contributed by atoms with Gasteiger partial charge in [-0.2, -0.15) is 0 Å². The van der Waals surface area contributed by atoms with E-state index in [1.807, 2.05) is 0 Å². The van der Waals surface area contributed by atoms with Gasteiger partial charge in [0.15, 0.2) is 0 Å². The maximum atomic E-state index is 5.18. The van der Waals surface area contributed by atoms with Crippen LogP contribution in [-0.4, -0.2) is 32.8 Å². The molecular formula is C12H18N4S. The number of fused-ring (bicyclic) bond motifs is 1. The number of hydrogen-bond acceptors (Lipinski definition) is 4. The van der Waals surface area contributed by atoms with Gasteiger partial charge >= 0.3 is 0 Å². The van der Waals surface area contributed by atoms with Crippen molar-refractivity contribution in [3.05, 3.63) is 11.6 Å². The minimum Gasteiger partial charge on any atom is -0.314 e. The Bertz CT molecular complexity index is 394. The lowest BCUT2D eigenvalue weighted by molar-refractivity contribution is 0.499. The Balaban J connectivity index is 1.72. The molecule has 0 atom stereocenters. The third-order valence-corrected chi connectivity index (χ3v) is 3.69. The largest absolute Gasteiger partial charge is 0.314 e. The van der Waals surface area contributed by atoms with Crippen LogP contribution in [0.2, 0.25) is 0 Å². The lowest BCUT2D eigenvalue weighted by Gasteiger charge is -2.14. The van der Waals surface area contributed by atoms with Crippen molar-refractivity contribution < 1.29 is 0 Å². The van der Waals surface area contributed by atoms with Gasteiger partial charge in [-0.1, -0.05) is 5.92 Å². The molecule has 17 heavy (non-hydrogen) atoms. The zero-order valence-corrected chi connectivity index (χ0v) is 10.8. The predicted octanol–water partition coefficient (Wildman–Crippen LogP) is 1.07. The fourth-order valence-corrected chi connectivity index (χ4v) is 2.53. The minimum atomic E-state index is 0.794. The predicted molar refractivity (Wildman–Crippen MR) is 70.8 cm³/mol. The van der Waals surface area contributed by atoms with Crippen LogP contribution < -0.4 is 5.32 Å². The Morgan fingerprint density at radius 2 is 2.35 bits per heavy atom. The van der Waals surface area contributed by atoms with E-state index in [0.29, 0.717) is 0 Å². The molecule has 2 heterocycles. The molecule has 0 bridgehead atoms. The number of nitrogens with one attached hydrogen (secondary N) is 1. The van der Waals surface area contributed by atoms with Gasteiger partial charge in [-0.25, -0.2) is 0 Å². The van der Waals surface area contributed by atoms with Crippen LogP contribution in [0.4, 0.5) is 0 Å². The monoisotopic (exact) mass is 250 g/mol. The maximum absolute atomic E-state index is 5.18. The van der Waals surface area contributed by atoms with E-state index in [-0.39, 0.29) is 0 Å². The van der Waals surface area contributed by atoms with E-state index in [4.69, 9.17) is 6.42 Å². The molecule has 0 saturated heterocycles. The van der Waals surface area contributed by atoms with Gasteiger partial charge in [-0.05, 0) is 12.8 Å². The van der Waals surface area contributed by atoms with Crippen molar-refractivity contribution in [2.75, 3.05) is 18.1 Å². The fourth-order valence-electron chi connectivity index (χ4n) is 1.97. The highest BCUT2D eigenvalue weighted by Crippen LogP contribution is 2.13. The van der Waals surface area contributed by atoms with Crippen LogP contribution in [0.3, 0.4) is 0 Å². The van der Waals surface area contributed by atoms with Crippen LogP contribution in [0.5, 0.6) is 0 Å². The number of hydrogen-bond donors (Lipinski definition) is 1. The Labute approximate surface area is 107 Å². The zero-order valence-electron chi connectivity index (χ0n) is 9.98. The van der Waals surface area contributed by atoms with Gasteiger partial charge in [0, 0.05) is 25.3 Å². The Morgan fingerprint density at radius 1 is 1.41 bits per heavy atom. The summed E-state index contributed by atoms with van der Waals surface area (Å²) in [6.07, 6.45) is 8.75. The fraction of sp³-hybridized carbons (Fsp3) is 0.667. The second-order valence-corrected chi connectivity index (χ2v) is 5.18. The van der Waals surface area contributed by atoms with E-state index in [1.165, 1.54) is 12.8 Å². The van der Waals surface area contributed by atoms with Crippen molar-refractivity contribution in [1.29, 1.82) is 0 Å². The minimum absolute atomic E-state index is 0.794. The normalized spacial score (nSPS) is 14.3. The van der Waals surface area contributed by atoms with Crippen molar-refractivity contribution in [2.24, 2.45) is 0 Å². The van der Waals surface area contributed by atoms with E-state index in [0.717, 1.165) is 49.2 Å². The number of rotatable bonds is 6. The molecule has 0 unspecified atom stereocenters.